The molecular weight excluding hydrogens is 240 g/mol. The van der Waals surface area contributed by atoms with Gasteiger partial charge in [0.1, 0.15) is 5.82 Å². The summed E-state index contributed by atoms with van der Waals surface area (Å²) in [7, 11) is 0. The Morgan fingerprint density at radius 1 is 1.53 bits per heavy atom. The number of amides is 1. The number of nitrogens with two attached hydrogens (primary N) is 1. The van der Waals surface area contributed by atoms with Crippen LogP contribution in [0.3, 0.4) is 0 Å². The quantitative estimate of drug-likeness (QED) is 0.830. The average molecular weight is 262 g/mol. The third-order valence-electron chi connectivity index (χ3n) is 3.67. The zero-order valence-electron chi connectivity index (χ0n) is 11.4. The molecule has 0 saturated carbocycles. The van der Waals surface area contributed by atoms with Gasteiger partial charge in [-0.2, -0.15) is 0 Å². The summed E-state index contributed by atoms with van der Waals surface area (Å²) < 4.78 is 0. The van der Waals surface area contributed by atoms with Crippen molar-refractivity contribution in [1.29, 1.82) is 0 Å². The molecule has 0 bridgehead atoms. The van der Waals surface area contributed by atoms with E-state index < -0.39 is 5.91 Å². The fraction of sp³-hybridized carbons (Fsp3) is 0.571. The highest BCUT2D eigenvalue weighted by Crippen LogP contribution is 2.18. The number of carbonyl (C=O) groups excluding carboxylic acids is 1. The fourth-order valence-electron chi connectivity index (χ4n) is 2.51. The van der Waals surface area contributed by atoms with Crippen molar-refractivity contribution in [1.82, 2.24) is 10.3 Å². The van der Waals surface area contributed by atoms with E-state index in [2.05, 4.69) is 22.1 Å². The van der Waals surface area contributed by atoms with Gasteiger partial charge < -0.3 is 16.0 Å². The Morgan fingerprint density at radius 3 is 2.89 bits per heavy atom. The highest BCUT2D eigenvalue weighted by atomic mass is 16.1. The molecule has 0 radical (unpaired) electrons. The molecular formula is C14H22N4O. The third kappa shape index (κ3) is 3.67. The van der Waals surface area contributed by atoms with Gasteiger partial charge in [-0.1, -0.05) is 0 Å². The van der Waals surface area contributed by atoms with Crippen LogP contribution in [-0.2, 0) is 0 Å². The second-order valence-electron chi connectivity index (χ2n) is 5.00. The predicted octanol–water partition coefficient (Wildman–Crippen LogP) is 1.01. The minimum Gasteiger partial charge on any atom is -0.366 e. The standard InChI is InChI=1S/C14H22N4O/c1-2-18(10-11-3-6-16-7-4-11)13-9-12(14(15)19)5-8-17-13/h5,8-9,11,16H,2-4,6-7,10H2,1H3,(H2,15,19). The van der Waals surface area contributed by atoms with Gasteiger partial charge in [0.05, 0.1) is 0 Å². The minimum atomic E-state index is -0.401. The van der Waals surface area contributed by atoms with E-state index in [9.17, 15) is 4.79 Å². The zero-order valence-corrected chi connectivity index (χ0v) is 11.4. The van der Waals surface area contributed by atoms with Gasteiger partial charge in [-0.05, 0) is 50.9 Å². The van der Waals surface area contributed by atoms with E-state index in [1.807, 2.05) is 0 Å². The second kappa shape index (κ2) is 6.52. The Bertz CT molecular complexity index is 429. The summed E-state index contributed by atoms with van der Waals surface area (Å²) in [5.41, 5.74) is 5.84. The maximum absolute atomic E-state index is 11.2. The van der Waals surface area contributed by atoms with Crippen molar-refractivity contribution in [3.05, 3.63) is 23.9 Å². The second-order valence-corrected chi connectivity index (χ2v) is 5.00. The normalized spacial score (nSPS) is 16.3. The van der Waals surface area contributed by atoms with Crippen LogP contribution in [0.4, 0.5) is 5.82 Å². The highest BCUT2D eigenvalue weighted by Gasteiger charge is 2.17. The minimum absolute atomic E-state index is 0.401. The fourth-order valence-corrected chi connectivity index (χ4v) is 2.51. The van der Waals surface area contributed by atoms with Gasteiger partial charge >= 0.3 is 0 Å². The van der Waals surface area contributed by atoms with Crippen LogP contribution in [0.25, 0.3) is 0 Å². The van der Waals surface area contributed by atoms with Crippen LogP contribution in [-0.4, -0.2) is 37.1 Å². The number of piperidine rings is 1. The molecule has 0 aromatic carbocycles. The van der Waals surface area contributed by atoms with Crippen molar-refractivity contribution < 1.29 is 4.79 Å². The highest BCUT2D eigenvalue weighted by molar-refractivity contribution is 5.93. The molecule has 0 unspecified atom stereocenters. The summed E-state index contributed by atoms with van der Waals surface area (Å²) in [6.45, 7) is 6.18. The molecule has 3 N–H and O–H groups in total. The number of aromatic nitrogens is 1. The van der Waals surface area contributed by atoms with Crippen molar-refractivity contribution in [3.63, 3.8) is 0 Å². The number of pyridine rings is 1. The smallest absolute Gasteiger partial charge is 0.248 e. The SMILES string of the molecule is CCN(CC1CCNCC1)c1cc(C(N)=O)ccn1. The molecule has 2 heterocycles. The average Bonchev–Trinajstić information content (AvgIpc) is 2.46. The lowest BCUT2D eigenvalue weighted by Crippen LogP contribution is -2.36. The van der Waals surface area contributed by atoms with Crippen LogP contribution in [0.1, 0.15) is 30.1 Å². The topological polar surface area (TPSA) is 71.2 Å². The van der Waals surface area contributed by atoms with Crippen LogP contribution < -0.4 is 16.0 Å². The monoisotopic (exact) mass is 262 g/mol. The van der Waals surface area contributed by atoms with Crippen molar-refractivity contribution in [2.45, 2.75) is 19.8 Å². The lowest BCUT2D eigenvalue weighted by atomic mass is 9.97. The Labute approximate surface area is 114 Å². The molecule has 19 heavy (non-hydrogen) atoms. The maximum Gasteiger partial charge on any atom is 0.248 e. The number of nitrogens with one attached hydrogen (secondary N) is 1. The lowest BCUT2D eigenvalue weighted by molar-refractivity contribution is 0.1000. The van der Waals surface area contributed by atoms with Crippen LogP contribution in [0.15, 0.2) is 18.3 Å². The summed E-state index contributed by atoms with van der Waals surface area (Å²) in [5, 5.41) is 3.37. The Hall–Kier alpha value is -1.62. The van der Waals surface area contributed by atoms with Gasteiger partial charge in [0.15, 0.2) is 0 Å². The number of rotatable bonds is 5. The van der Waals surface area contributed by atoms with Crippen molar-refractivity contribution in [2.75, 3.05) is 31.1 Å². The summed E-state index contributed by atoms with van der Waals surface area (Å²) >= 11 is 0. The van der Waals surface area contributed by atoms with Gasteiger partial charge in [0.25, 0.3) is 0 Å². The third-order valence-corrected chi connectivity index (χ3v) is 3.67. The molecule has 104 valence electrons. The molecule has 1 aliphatic rings. The Balaban J connectivity index is 2.07. The molecule has 5 nitrogen and oxygen atoms in total. The molecule has 1 fully saturated rings. The molecule has 0 aliphatic carbocycles. The van der Waals surface area contributed by atoms with E-state index in [-0.39, 0.29) is 0 Å². The van der Waals surface area contributed by atoms with Crippen molar-refractivity contribution >= 4 is 11.7 Å². The van der Waals surface area contributed by atoms with E-state index in [1.165, 1.54) is 12.8 Å². The number of primary amides is 1. The maximum atomic E-state index is 11.2. The summed E-state index contributed by atoms with van der Waals surface area (Å²) in [6.07, 6.45) is 4.05. The van der Waals surface area contributed by atoms with Gasteiger partial charge in [0, 0.05) is 24.8 Å². The largest absolute Gasteiger partial charge is 0.366 e. The first kappa shape index (κ1) is 13.8. The van der Waals surface area contributed by atoms with Crippen LogP contribution in [0.2, 0.25) is 0 Å². The summed E-state index contributed by atoms with van der Waals surface area (Å²) in [5.74, 6) is 1.14. The first-order valence-electron chi connectivity index (χ1n) is 6.92. The van der Waals surface area contributed by atoms with Gasteiger partial charge in [-0.3, -0.25) is 4.79 Å². The van der Waals surface area contributed by atoms with E-state index in [4.69, 9.17) is 5.73 Å². The van der Waals surface area contributed by atoms with Crippen LogP contribution in [0.5, 0.6) is 0 Å². The van der Waals surface area contributed by atoms with E-state index in [0.717, 1.165) is 32.0 Å². The van der Waals surface area contributed by atoms with Gasteiger partial charge in [-0.15, -0.1) is 0 Å². The molecule has 2 rings (SSSR count). The number of hydrogen-bond acceptors (Lipinski definition) is 4. The number of anilines is 1. The van der Waals surface area contributed by atoms with Crippen molar-refractivity contribution in [2.24, 2.45) is 11.7 Å². The first-order chi connectivity index (χ1) is 9.20. The molecule has 1 aromatic rings. The lowest BCUT2D eigenvalue weighted by Gasteiger charge is -2.30. The molecule has 5 heteroatoms. The first-order valence-corrected chi connectivity index (χ1v) is 6.92. The van der Waals surface area contributed by atoms with Gasteiger partial charge in [-0.25, -0.2) is 4.98 Å². The molecule has 0 spiro atoms. The van der Waals surface area contributed by atoms with Crippen LogP contribution >= 0.6 is 0 Å². The van der Waals surface area contributed by atoms with Crippen LogP contribution in [0, 0.1) is 5.92 Å². The molecule has 1 amide bonds. The molecule has 1 aliphatic heterocycles. The Morgan fingerprint density at radius 2 is 2.26 bits per heavy atom. The van der Waals surface area contributed by atoms with E-state index >= 15 is 0 Å². The number of nitrogens with zero attached hydrogens (tertiary/aromatic N) is 2. The van der Waals surface area contributed by atoms with E-state index in [0.29, 0.717) is 11.5 Å². The molecule has 1 aromatic heterocycles. The summed E-state index contributed by atoms with van der Waals surface area (Å²) in [6, 6.07) is 3.44. The Kier molecular flexibility index (Phi) is 4.74. The van der Waals surface area contributed by atoms with E-state index in [1.54, 1.807) is 18.3 Å². The molecule has 1 saturated heterocycles. The zero-order chi connectivity index (χ0) is 13.7. The number of hydrogen-bond donors (Lipinski definition) is 2. The van der Waals surface area contributed by atoms with Gasteiger partial charge in [0.2, 0.25) is 5.91 Å². The molecule has 0 atom stereocenters. The number of carbonyl (C=O) groups is 1. The predicted molar refractivity (Wildman–Crippen MR) is 76.2 cm³/mol. The van der Waals surface area contributed by atoms with Crippen molar-refractivity contribution in [3.8, 4) is 0 Å². The summed E-state index contributed by atoms with van der Waals surface area (Å²) in [4.78, 5) is 17.8.